The molecule has 0 spiro atoms. The third-order valence-corrected chi connectivity index (χ3v) is 6.29. The van der Waals surface area contributed by atoms with Gasteiger partial charge < -0.3 is 4.52 Å². The van der Waals surface area contributed by atoms with Crippen LogP contribution in [0.2, 0.25) is 0 Å². The van der Waals surface area contributed by atoms with Crippen LogP contribution in [-0.4, -0.2) is 0 Å². The second kappa shape index (κ2) is 6.66. The number of aryl methyl sites for hydroxylation is 1. The van der Waals surface area contributed by atoms with Crippen molar-refractivity contribution in [2.75, 3.05) is 0 Å². The molecule has 0 unspecified atom stereocenters. The minimum Gasteiger partial charge on any atom is -0.342 e. The monoisotopic (exact) mass is 318 g/mol. The maximum Gasteiger partial charge on any atom is 0.0926 e. The van der Waals surface area contributed by atoms with Gasteiger partial charge in [-0.1, -0.05) is 84.9 Å². The van der Waals surface area contributed by atoms with Gasteiger partial charge in [-0.05, 0) is 24.0 Å². The zero-order chi connectivity index (χ0) is 15.5. The maximum absolute atomic E-state index is 6.67. The quantitative estimate of drug-likeness (QED) is 0.631. The van der Waals surface area contributed by atoms with Gasteiger partial charge >= 0.3 is 0 Å². The van der Waals surface area contributed by atoms with Crippen LogP contribution in [0.1, 0.15) is 23.7 Å². The van der Waals surface area contributed by atoms with Gasteiger partial charge in [-0.15, -0.1) is 0 Å². The molecule has 0 aromatic heterocycles. The van der Waals surface area contributed by atoms with Crippen LogP contribution in [0.25, 0.3) is 0 Å². The van der Waals surface area contributed by atoms with E-state index in [2.05, 4.69) is 84.9 Å². The highest BCUT2D eigenvalue weighted by Gasteiger charge is 2.27. The van der Waals surface area contributed by atoms with E-state index in [1.807, 2.05) is 0 Å². The van der Waals surface area contributed by atoms with Crippen molar-refractivity contribution in [1.29, 1.82) is 0 Å². The zero-order valence-electron chi connectivity index (χ0n) is 12.9. The Morgan fingerprint density at radius 1 is 0.696 bits per heavy atom. The largest absolute Gasteiger partial charge is 0.342 e. The van der Waals surface area contributed by atoms with E-state index in [4.69, 9.17) is 4.52 Å². The van der Waals surface area contributed by atoms with Crippen molar-refractivity contribution in [3.63, 3.8) is 0 Å². The number of hydrogen-bond donors (Lipinski definition) is 0. The highest BCUT2D eigenvalue weighted by molar-refractivity contribution is 7.68. The summed E-state index contributed by atoms with van der Waals surface area (Å²) in [5.41, 5.74) is 2.81. The summed E-state index contributed by atoms with van der Waals surface area (Å²) in [6.45, 7) is 0. The van der Waals surface area contributed by atoms with Gasteiger partial charge in [-0.2, -0.15) is 0 Å². The summed E-state index contributed by atoms with van der Waals surface area (Å²) in [6, 6.07) is 29.9. The molecule has 3 aromatic carbocycles. The first-order valence-corrected chi connectivity index (χ1v) is 9.32. The molecule has 0 amide bonds. The van der Waals surface area contributed by atoms with Crippen molar-refractivity contribution >= 4 is 18.8 Å². The Morgan fingerprint density at radius 2 is 1.26 bits per heavy atom. The van der Waals surface area contributed by atoms with Crippen LogP contribution in [-0.2, 0) is 10.9 Å². The molecule has 0 fully saturated rings. The van der Waals surface area contributed by atoms with Crippen LogP contribution < -0.4 is 10.6 Å². The summed E-state index contributed by atoms with van der Waals surface area (Å²) in [6.07, 6.45) is 2.41. The fourth-order valence-electron chi connectivity index (χ4n) is 3.15. The van der Waals surface area contributed by atoms with E-state index < -0.39 is 8.15 Å². The number of fused-ring (bicyclic) bond motifs is 1. The van der Waals surface area contributed by atoms with Gasteiger partial charge in [0.1, 0.15) is 0 Å². The molecule has 1 aliphatic carbocycles. The Hall–Kier alpha value is -1.95. The van der Waals surface area contributed by atoms with Crippen molar-refractivity contribution in [2.45, 2.75) is 18.9 Å². The standard InChI is InChI=1S/C21H19OP/c1-3-10-18(11-4-1)23(19-12-5-2-6-13-19)22-21-16-15-17-9-7-8-14-20(17)21/h1-14,21H,15-16H2/t21-/m0/s1. The van der Waals surface area contributed by atoms with Crippen LogP contribution in [0.15, 0.2) is 84.9 Å². The second-order valence-corrected chi connectivity index (χ2v) is 7.63. The number of benzene rings is 3. The van der Waals surface area contributed by atoms with E-state index in [-0.39, 0.29) is 6.10 Å². The molecule has 0 N–H and O–H groups in total. The average Bonchev–Trinajstić information content (AvgIpc) is 3.04. The molecule has 0 radical (unpaired) electrons. The Kier molecular flexibility index (Phi) is 4.24. The third kappa shape index (κ3) is 3.08. The van der Waals surface area contributed by atoms with Gasteiger partial charge in [-0.25, -0.2) is 0 Å². The highest BCUT2D eigenvalue weighted by Crippen LogP contribution is 2.45. The van der Waals surface area contributed by atoms with Gasteiger partial charge in [0.25, 0.3) is 0 Å². The molecule has 3 aromatic rings. The van der Waals surface area contributed by atoms with E-state index in [0.717, 1.165) is 12.8 Å². The van der Waals surface area contributed by atoms with E-state index >= 15 is 0 Å². The molecular weight excluding hydrogens is 299 g/mol. The minimum atomic E-state index is -0.786. The molecule has 114 valence electrons. The highest BCUT2D eigenvalue weighted by atomic mass is 31.1. The lowest BCUT2D eigenvalue weighted by Crippen LogP contribution is -2.15. The average molecular weight is 318 g/mol. The number of rotatable bonds is 4. The molecular formula is C21H19OP. The van der Waals surface area contributed by atoms with Crippen LogP contribution >= 0.6 is 8.15 Å². The predicted molar refractivity (Wildman–Crippen MR) is 97.7 cm³/mol. The first kappa shape index (κ1) is 14.6. The van der Waals surface area contributed by atoms with E-state index in [0.29, 0.717) is 0 Å². The summed E-state index contributed by atoms with van der Waals surface area (Å²) < 4.78 is 6.67. The Labute approximate surface area is 138 Å². The number of hydrogen-bond acceptors (Lipinski definition) is 1. The first-order chi connectivity index (χ1) is 11.4. The van der Waals surface area contributed by atoms with Gasteiger partial charge in [0, 0.05) is 10.6 Å². The molecule has 0 aliphatic heterocycles. The molecule has 0 saturated carbocycles. The first-order valence-electron chi connectivity index (χ1n) is 8.06. The Bertz CT molecular complexity index is 731. The van der Waals surface area contributed by atoms with Crippen molar-refractivity contribution < 1.29 is 4.52 Å². The van der Waals surface area contributed by atoms with Crippen LogP contribution in [0.5, 0.6) is 0 Å². The van der Waals surface area contributed by atoms with E-state index in [9.17, 15) is 0 Å². The molecule has 0 bridgehead atoms. The lowest BCUT2D eigenvalue weighted by Gasteiger charge is -2.23. The SMILES string of the molecule is c1ccc(P(O[C@H]2CCc3ccccc32)c2ccccc2)cc1. The summed E-state index contributed by atoms with van der Waals surface area (Å²) in [4.78, 5) is 0. The minimum absolute atomic E-state index is 0.206. The fourth-order valence-corrected chi connectivity index (χ4v) is 5.05. The van der Waals surface area contributed by atoms with Crippen LogP contribution in [0.3, 0.4) is 0 Å². The van der Waals surface area contributed by atoms with E-state index in [1.54, 1.807) is 0 Å². The van der Waals surface area contributed by atoms with Gasteiger partial charge in [0.2, 0.25) is 0 Å². The molecule has 1 nitrogen and oxygen atoms in total. The molecule has 0 heterocycles. The van der Waals surface area contributed by atoms with Crippen molar-refractivity contribution in [1.82, 2.24) is 0 Å². The molecule has 23 heavy (non-hydrogen) atoms. The molecule has 2 heteroatoms. The van der Waals surface area contributed by atoms with Gasteiger partial charge in [0.15, 0.2) is 0 Å². The van der Waals surface area contributed by atoms with Crippen molar-refractivity contribution in [3.05, 3.63) is 96.1 Å². The summed E-state index contributed by atoms with van der Waals surface area (Å²) in [5, 5.41) is 2.55. The topological polar surface area (TPSA) is 9.23 Å². The maximum atomic E-state index is 6.67. The van der Waals surface area contributed by atoms with Crippen molar-refractivity contribution in [2.24, 2.45) is 0 Å². The second-order valence-electron chi connectivity index (χ2n) is 5.80. The lowest BCUT2D eigenvalue weighted by atomic mass is 10.1. The van der Waals surface area contributed by atoms with Crippen LogP contribution in [0.4, 0.5) is 0 Å². The summed E-state index contributed by atoms with van der Waals surface area (Å²) in [7, 11) is -0.786. The van der Waals surface area contributed by atoms with Gasteiger partial charge in [-0.3, -0.25) is 0 Å². The zero-order valence-corrected chi connectivity index (χ0v) is 13.8. The fraction of sp³-hybridized carbons (Fsp3) is 0.143. The molecule has 1 atom stereocenters. The Balaban J connectivity index is 1.67. The van der Waals surface area contributed by atoms with E-state index in [1.165, 1.54) is 21.7 Å². The van der Waals surface area contributed by atoms with Crippen molar-refractivity contribution in [3.8, 4) is 0 Å². The smallest absolute Gasteiger partial charge is 0.0926 e. The predicted octanol–water partition coefficient (Wildman–Crippen LogP) is 4.74. The third-order valence-electron chi connectivity index (χ3n) is 4.29. The summed E-state index contributed by atoms with van der Waals surface area (Å²) in [5.74, 6) is 0. The molecule has 4 rings (SSSR count). The summed E-state index contributed by atoms with van der Waals surface area (Å²) >= 11 is 0. The molecule has 1 aliphatic rings. The lowest BCUT2D eigenvalue weighted by molar-refractivity contribution is 0.239. The van der Waals surface area contributed by atoms with Crippen LogP contribution in [0, 0.1) is 0 Å². The normalized spacial score (nSPS) is 16.5. The Morgan fingerprint density at radius 3 is 1.91 bits per heavy atom. The molecule has 0 saturated heterocycles. The van der Waals surface area contributed by atoms with Gasteiger partial charge in [0.05, 0.1) is 14.3 Å².